The number of nitrogens with zero attached hydrogens (tertiary/aromatic N) is 2. The lowest BCUT2D eigenvalue weighted by Crippen LogP contribution is -2.39. The van der Waals surface area contributed by atoms with E-state index in [0.29, 0.717) is 36.5 Å². The lowest BCUT2D eigenvalue weighted by molar-refractivity contribution is 0.0696. The molecule has 2 fully saturated rings. The van der Waals surface area contributed by atoms with Crippen LogP contribution < -0.4 is 10.1 Å². The molecule has 2 atom stereocenters. The van der Waals surface area contributed by atoms with E-state index in [4.69, 9.17) is 9.47 Å². The van der Waals surface area contributed by atoms with E-state index in [0.717, 1.165) is 29.5 Å². The Kier molecular flexibility index (Phi) is 7.02. The van der Waals surface area contributed by atoms with E-state index in [1.54, 1.807) is 42.6 Å². The van der Waals surface area contributed by atoms with Crippen LogP contribution in [-0.4, -0.2) is 71.0 Å². The minimum atomic E-state index is -0.647. The topological polar surface area (TPSA) is 117 Å². The van der Waals surface area contributed by atoms with Gasteiger partial charge in [-0.3, -0.25) is 14.7 Å². The number of aliphatic hydroxyl groups excluding tert-OH is 1. The predicted octanol–water partition coefficient (Wildman–Crippen LogP) is 2.94. The first-order valence-corrected chi connectivity index (χ1v) is 12.2. The van der Waals surface area contributed by atoms with Crippen LogP contribution >= 0.6 is 0 Å². The highest BCUT2D eigenvalue weighted by atomic mass is 16.5. The molecule has 3 heterocycles. The second-order valence-electron chi connectivity index (χ2n) is 9.25. The van der Waals surface area contributed by atoms with E-state index in [-0.39, 0.29) is 30.4 Å². The van der Waals surface area contributed by atoms with Crippen molar-refractivity contribution in [3.8, 4) is 16.9 Å². The summed E-state index contributed by atoms with van der Waals surface area (Å²) in [6.45, 7) is 1.51. The smallest absolute Gasteiger partial charge is 0.254 e. The van der Waals surface area contributed by atoms with Crippen LogP contribution in [0.4, 0.5) is 0 Å². The maximum absolute atomic E-state index is 13.6. The van der Waals surface area contributed by atoms with Crippen molar-refractivity contribution >= 4 is 11.8 Å². The zero-order chi connectivity index (χ0) is 25.1. The number of rotatable bonds is 6. The number of ether oxygens (including phenoxy) is 2. The zero-order valence-corrected chi connectivity index (χ0v) is 20.1. The molecule has 0 saturated carbocycles. The number of likely N-dealkylation sites (tertiary alicyclic amines) is 1. The molecule has 2 saturated heterocycles. The third-order valence-corrected chi connectivity index (χ3v) is 6.89. The second-order valence-corrected chi connectivity index (χ2v) is 9.25. The van der Waals surface area contributed by atoms with Crippen LogP contribution in [0.2, 0.25) is 0 Å². The van der Waals surface area contributed by atoms with Gasteiger partial charge in [0.2, 0.25) is 0 Å². The highest BCUT2D eigenvalue weighted by Gasteiger charge is 2.36. The normalized spacial score (nSPS) is 20.3. The summed E-state index contributed by atoms with van der Waals surface area (Å²) in [7, 11) is 1.56. The highest BCUT2D eigenvalue weighted by Crippen LogP contribution is 2.36. The Morgan fingerprint density at radius 3 is 2.75 bits per heavy atom. The van der Waals surface area contributed by atoms with Gasteiger partial charge in [0.15, 0.2) is 0 Å². The number of hydrogen-bond acceptors (Lipinski definition) is 6. The van der Waals surface area contributed by atoms with E-state index in [1.165, 1.54) is 0 Å². The van der Waals surface area contributed by atoms with Crippen molar-refractivity contribution in [2.75, 3.05) is 26.9 Å². The lowest BCUT2D eigenvalue weighted by Gasteiger charge is -2.26. The van der Waals surface area contributed by atoms with Gasteiger partial charge < -0.3 is 24.8 Å². The number of benzene rings is 2. The monoisotopic (exact) mass is 490 g/mol. The van der Waals surface area contributed by atoms with Crippen molar-refractivity contribution in [2.24, 2.45) is 0 Å². The number of aromatic amines is 1. The summed E-state index contributed by atoms with van der Waals surface area (Å²) in [4.78, 5) is 28.1. The van der Waals surface area contributed by atoms with Gasteiger partial charge in [-0.05, 0) is 55.2 Å². The summed E-state index contributed by atoms with van der Waals surface area (Å²) in [5, 5.41) is 20.3. The number of aromatic nitrogens is 2. The molecule has 0 bridgehead atoms. The van der Waals surface area contributed by atoms with Crippen molar-refractivity contribution in [3.63, 3.8) is 0 Å². The Bertz CT molecular complexity index is 1220. The number of hydrogen-bond donors (Lipinski definition) is 3. The first-order chi connectivity index (χ1) is 17.5. The van der Waals surface area contributed by atoms with E-state index in [9.17, 15) is 14.7 Å². The van der Waals surface area contributed by atoms with Crippen molar-refractivity contribution in [1.29, 1.82) is 0 Å². The van der Waals surface area contributed by atoms with Crippen molar-refractivity contribution in [2.45, 2.75) is 37.5 Å². The molecule has 0 spiro atoms. The molecule has 2 amide bonds. The third-order valence-electron chi connectivity index (χ3n) is 6.89. The quantitative estimate of drug-likeness (QED) is 0.489. The molecule has 5 rings (SSSR count). The van der Waals surface area contributed by atoms with Crippen LogP contribution in [0.25, 0.3) is 11.1 Å². The van der Waals surface area contributed by atoms with Crippen LogP contribution in [0.15, 0.2) is 54.9 Å². The number of carbonyl (C=O) groups is 2. The van der Waals surface area contributed by atoms with Crippen molar-refractivity contribution in [1.82, 2.24) is 20.4 Å². The molecule has 9 nitrogen and oxygen atoms in total. The molecule has 3 N–H and O–H groups in total. The lowest BCUT2D eigenvalue weighted by atomic mass is 9.99. The first kappa shape index (κ1) is 24.0. The van der Waals surface area contributed by atoms with Crippen LogP contribution in [0.1, 0.15) is 51.6 Å². The van der Waals surface area contributed by atoms with E-state index < -0.39 is 6.10 Å². The number of carbonyl (C=O) groups excluding carboxylic acids is 2. The molecular formula is C27H30N4O5. The molecule has 2 unspecified atom stereocenters. The standard InChI is InChI=1S/C27H30N4O5/c1-35-25-12-19(5-6-23(25)20-14-28-29-15-20)27(34)31-16-22(32)13-24(31)17-3-2-4-18(11-17)26(33)30-21-7-9-36-10-8-21/h2-6,11-12,14-15,21-22,24,32H,7-10,13,16H2,1H3,(H,28,29)(H,30,33). The number of H-pyrrole nitrogens is 1. The van der Waals surface area contributed by atoms with Gasteiger partial charge in [0.25, 0.3) is 11.8 Å². The maximum Gasteiger partial charge on any atom is 0.254 e. The fourth-order valence-electron chi connectivity index (χ4n) is 4.98. The molecule has 36 heavy (non-hydrogen) atoms. The van der Waals surface area contributed by atoms with Gasteiger partial charge in [0.05, 0.1) is 25.5 Å². The Labute approximate surface area is 209 Å². The van der Waals surface area contributed by atoms with Gasteiger partial charge in [-0.25, -0.2) is 0 Å². The van der Waals surface area contributed by atoms with Crippen LogP contribution in [0.3, 0.4) is 0 Å². The summed E-state index contributed by atoms with van der Waals surface area (Å²) in [6.07, 6.45) is 4.80. The molecule has 2 aliphatic heterocycles. The number of β-amino-alcohol motifs (C(OH)–C–C–N with tert-alkyl or cyclic N) is 1. The Balaban J connectivity index is 1.37. The fraction of sp³-hybridized carbons (Fsp3) is 0.370. The van der Waals surface area contributed by atoms with Crippen LogP contribution in [-0.2, 0) is 4.74 Å². The maximum atomic E-state index is 13.6. The van der Waals surface area contributed by atoms with Gasteiger partial charge in [0.1, 0.15) is 5.75 Å². The number of aliphatic hydroxyl groups is 1. The fourth-order valence-corrected chi connectivity index (χ4v) is 4.98. The molecule has 188 valence electrons. The molecular weight excluding hydrogens is 460 g/mol. The average Bonchev–Trinajstić information content (AvgIpc) is 3.59. The van der Waals surface area contributed by atoms with Crippen molar-refractivity contribution < 1.29 is 24.2 Å². The molecule has 2 aromatic carbocycles. The summed E-state index contributed by atoms with van der Waals surface area (Å²) >= 11 is 0. The Morgan fingerprint density at radius 2 is 2.00 bits per heavy atom. The summed E-state index contributed by atoms with van der Waals surface area (Å²) < 4.78 is 10.9. The number of methoxy groups -OCH3 is 1. The van der Waals surface area contributed by atoms with Gasteiger partial charge in [-0.2, -0.15) is 5.10 Å². The molecule has 0 radical (unpaired) electrons. The largest absolute Gasteiger partial charge is 0.496 e. The molecule has 9 heteroatoms. The first-order valence-electron chi connectivity index (χ1n) is 12.2. The molecule has 1 aromatic heterocycles. The van der Waals surface area contributed by atoms with E-state index in [1.807, 2.05) is 24.3 Å². The Hall–Kier alpha value is -3.69. The summed E-state index contributed by atoms with van der Waals surface area (Å²) in [6, 6.07) is 12.4. The minimum Gasteiger partial charge on any atom is -0.496 e. The summed E-state index contributed by atoms with van der Waals surface area (Å²) in [5.74, 6) is 0.218. The minimum absolute atomic E-state index is 0.0984. The molecule has 2 aliphatic rings. The molecule has 3 aromatic rings. The van der Waals surface area contributed by atoms with Gasteiger partial charge in [-0.15, -0.1) is 0 Å². The number of amides is 2. The van der Waals surface area contributed by atoms with Gasteiger partial charge >= 0.3 is 0 Å². The zero-order valence-electron chi connectivity index (χ0n) is 20.1. The Morgan fingerprint density at radius 1 is 1.17 bits per heavy atom. The highest BCUT2D eigenvalue weighted by molar-refractivity contribution is 5.96. The van der Waals surface area contributed by atoms with Crippen LogP contribution in [0.5, 0.6) is 5.75 Å². The van der Waals surface area contributed by atoms with Gasteiger partial charge in [-0.1, -0.05) is 12.1 Å². The van der Waals surface area contributed by atoms with Gasteiger partial charge in [0, 0.05) is 54.3 Å². The average molecular weight is 491 g/mol. The predicted molar refractivity (Wildman–Crippen MR) is 133 cm³/mol. The SMILES string of the molecule is COc1cc(C(=O)N2CC(O)CC2c2cccc(C(=O)NC3CCOCC3)c2)ccc1-c1cn[nH]c1. The third kappa shape index (κ3) is 4.98. The molecule has 0 aliphatic carbocycles. The van der Waals surface area contributed by atoms with E-state index in [2.05, 4.69) is 15.5 Å². The van der Waals surface area contributed by atoms with E-state index >= 15 is 0 Å². The summed E-state index contributed by atoms with van der Waals surface area (Å²) in [5.41, 5.74) is 3.51. The van der Waals surface area contributed by atoms with Crippen molar-refractivity contribution in [3.05, 3.63) is 71.5 Å². The second kappa shape index (κ2) is 10.5. The van der Waals surface area contributed by atoms with Crippen LogP contribution in [0, 0.1) is 0 Å². The number of nitrogens with one attached hydrogen (secondary N) is 2.